The van der Waals surface area contributed by atoms with Crippen LogP contribution in [0.5, 0.6) is 0 Å². The number of carboxylic acids is 1. The minimum absolute atomic E-state index is 0.0745. The Kier molecular flexibility index (Phi) is 4.13. The Morgan fingerprint density at radius 2 is 2.05 bits per heavy atom. The molecule has 7 nitrogen and oxygen atoms in total. The van der Waals surface area contributed by atoms with Crippen molar-refractivity contribution in [2.75, 3.05) is 4.72 Å². The summed E-state index contributed by atoms with van der Waals surface area (Å²) in [5.74, 6) is -1.24. The van der Waals surface area contributed by atoms with E-state index in [4.69, 9.17) is 28.3 Å². The van der Waals surface area contributed by atoms with Crippen molar-refractivity contribution in [3.8, 4) is 0 Å². The number of sulfonamides is 1. The molecule has 0 atom stereocenters. The summed E-state index contributed by atoms with van der Waals surface area (Å²) in [6.07, 6.45) is 1.54. The van der Waals surface area contributed by atoms with E-state index in [0.717, 1.165) is 12.1 Å². The number of carboxylic acid groups (broad SMARTS) is 1. The Labute approximate surface area is 130 Å². The van der Waals surface area contributed by atoms with Crippen LogP contribution in [0.1, 0.15) is 10.4 Å². The highest BCUT2D eigenvalue weighted by Gasteiger charge is 2.23. The first kappa shape index (κ1) is 15.6. The molecule has 1 aromatic carbocycles. The number of hydrogen-bond donors (Lipinski definition) is 2. The summed E-state index contributed by atoms with van der Waals surface area (Å²) in [6.45, 7) is 0. The van der Waals surface area contributed by atoms with E-state index in [1.54, 1.807) is 13.2 Å². The number of nitrogens with zero attached hydrogens (tertiary/aromatic N) is 2. The fraction of sp³-hybridized carbons (Fsp3) is 0.0909. The second-order valence-electron chi connectivity index (χ2n) is 4.06. The third kappa shape index (κ3) is 3.29. The normalized spacial score (nSPS) is 11.4. The van der Waals surface area contributed by atoms with E-state index in [2.05, 4.69) is 9.82 Å². The molecule has 0 radical (unpaired) electrons. The smallest absolute Gasteiger partial charge is 0.335 e. The molecule has 0 aliphatic rings. The molecule has 21 heavy (non-hydrogen) atoms. The third-order valence-corrected chi connectivity index (χ3v) is 4.78. The number of halogens is 2. The van der Waals surface area contributed by atoms with Gasteiger partial charge in [-0.2, -0.15) is 5.10 Å². The molecular formula is C11H9Cl2N3O4S. The van der Waals surface area contributed by atoms with Gasteiger partial charge in [0.1, 0.15) is 4.90 Å². The van der Waals surface area contributed by atoms with Gasteiger partial charge in [0.15, 0.2) is 5.82 Å². The van der Waals surface area contributed by atoms with Crippen LogP contribution < -0.4 is 4.72 Å². The summed E-state index contributed by atoms with van der Waals surface area (Å²) in [5, 5.41) is 12.4. The van der Waals surface area contributed by atoms with Gasteiger partial charge in [0.25, 0.3) is 10.0 Å². The number of rotatable bonds is 4. The van der Waals surface area contributed by atoms with E-state index >= 15 is 0 Å². The molecule has 0 aliphatic carbocycles. The lowest BCUT2D eigenvalue weighted by molar-refractivity contribution is 0.0696. The summed E-state index contributed by atoms with van der Waals surface area (Å²) in [6, 6.07) is 3.45. The molecule has 0 saturated heterocycles. The molecule has 0 aliphatic heterocycles. The summed E-state index contributed by atoms with van der Waals surface area (Å²) in [5.41, 5.74) is -0.286. The lowest BCUT2D eigenvalue weighted by Crippen LogP contribution is -2.15. The lowest BCUT2D eigenvalue weighted by atomic mass is 10.2. The van der Waals surface area contributed by atoms with Crippen molar-refractivity contribution < 1.29 is 18.3 Å². The van der Waals surface area contributed by atoms with Gasteiger partial charge in [-0.15, -0.1) is 0 Å². The van der Waals surface area contributed by atoms with E-state index in [-0.39, 0.29) is 21.4 Å². The maximum Gasteiger partial charge on any atom is 0.335 e. The minimum Gasteiger partial charge on any atom is -0.478 e. The van der Waals surface area contributed by atoms with Crippen LogP contribution in [-0.2, 0) is 17.1 Å². The zero-order valence-corrected chi connectivity index (χ0v) is 12.9. The van der Waals surface area contributed by atoms with Gasteiger partial charge in [-0.05, 0) is 12.1 Å². The SMILES string of the molecule is Cn1ccc(NS(=O)(=O)c2cc(C(=O)O)cc(Cl)c2Cl)n1. The predicted molar refractivity (Wildman–Crippen MR) is 77.4 cm³/mol. The van der Waals surface area contributed by atoms with Gasteiger partial charge >= 0.3 is 5.97 Å². The first-order valence-corrected chi connectivity index (χ1v) is 7.69. The largest absolute Gasteiger partial charge is 0.478 e. The molecule has 2 N–H and O–H groups in total. The average Bonchev–Trinajstić information content (AvgIpc) is 2.76. The second-order valence-corrected chi connectivity index (χ2v) is 6.49. The van der Waals surface area contributed by atoms with E-state index < -0.39 is 20.9 Å². The Bertz CT molecular complexity index is 817. The molecule has 10 heteroatoms. The number of carbonyl (C=O) groups is 1. The van der Waals surface area contributed by atoms with Gasteiger partial charge in [0.2, 0.25) is 0 Å². The lowest BCUT2D eigenvalue weighted by Gasteiger charge is -2.09. The highest BCUT2D eigenvalue weighted by Crippen LogP contribution is 2.31. The summed E-state index contributed by atoms with van der Waals surface area (Å²) in [7, 11) is -2.50. The Hall–Kier alpha value is -1.77. The molecule has 1 aromatic heterocycles. The minimum atomic E-state index is -4.11. The van der Waals surface area contributed by atoms with E-state index in [1.165, 1.54) is 10.7 Å². The summed E-state index contributed by atoms with van der Waals surface area (Å²) in [4.78, 5) is 10.5. The van der Waals surface area contributed by atoms with Crippen molar-refractivity contribution in [3.63, 3.8) is 0 Å². The van der Waals surface area contributed by atoms with Gasteiger partial charge in [-0.3, -0.25) is 9.40 Å². The predicted octanol–water partition coefficient (Wildman–Crippen LogP) is 2.23. The van der Waals surface area contributed by atoms with Crippen molar-refractivity contribution in [1.82, 2.24) is 9.78 Å². The van der Waals surface area contributed by atoms with Gasteiger partial charge < -0.3 is 5.11 Å². The molecule has 0 amide bonds. The number of aromatic nitrogens is 2. The molecule has 1 heterocycles. The molecule has 0 fully saturated rings. The van der Waals surface area contributed by atoms with Crippen LogP contribution in [0.2, 0.25) is 10.0 Å². The van der Waals surface area contributed by atoms with Crippen LogP contribution in [0.4, 0.5) is 5.82 Å². The quantitative estimate of drug-likeness (QED) is 0.881. The third-order valence-electron chi connectivity index (χ3n) is 2.48. The number of anilines is 1. The van der Waals surface area contributed by atoms with Crippen LogP contribution in [0.25, 0.3) is 0 Å². The van der Waals surface area contributed by atoms with Crippen molar-refractivity contribution >= 4 is 45.0 Å². The van der Waals surface area contributed by atoms with Crippen LogP contribution in [0.3, 0.4) is 0 Å². The Morgan fingerprint density at radius 3 is 2.57 bits per heavy atom. The van der Waals surface area contributed by atoms with Gasteiger partial charge in [0, 0.05) is 19.3 Å². The maximum atomic E-state index is 12.3. The molecule has 0 unspecified atom stereocenters. The first-order chi connectivity index (χ1) is 9.70. The zero-order valence-electron chi connectivity index (χ0n) is 10.5. The zero-order chi connectivity index (χ0) is 15.8. The van der Waals surface area contributed by atoms with Gasteiger partial charge in [0.05, 0.1) is 15.6 Å². The standard InChI is InChI=1S/C11H9Cl2N3O4S/c1-16-3-2-9(14-16)15-21(19,20)8-5-6(11(17)18)4-7(12)10(8)13/h2-5H,1H3,(H,14,15)(H,17,18). The molecule has 0 saturated carbocycles. The van der Waals surface area contributed by atoms with Crippen molar-refractivity contribution in [2.45, 2.75) is 4.90 Å². The van der Waals surface area contributed by atoms with E-state index in [0.29, 0.717) is 0 Å². The molecule has 2 aromatic rings. The molecule has 112 valence electrons. The number of hydrogen-bond acceptors (Lipinski definition) is 4. The number of benzene rings is 1. The van der Waals surface area contributed by atoms with Crippen LogP contribution >= 0.6 is 23.2 Å². The monoisotopic (exact) mass is 349 g/mol. The molecule has 0 bridgehead atoms. The number of nitrogens with one attached hydrogen (secondary N) is 1. The number of aromatic carboxylic acids is 1. The van der Waals surface area contributed by atoms with Crippen LogP contribution in [0.15, 0.2) is 29.3 Å². The Morgan fingerprint density at radius 1 is 1.38 bits per heavy atom. The summed E-state index contributed by atoms with van der Waals surface area (Å²) < 4.78 is 28.1. The fourth-order valence-electron chi connectivity index (χ4n) is 1.55. The van der Waals surface area contributed by atoms with Crippen molar-refractivity contribution in [3.05, 3.63) is 40.0 Å². The van der Waals surface area contributed by atoms with Crippen LogP contribution in [-0.4, -0.2) is 29.3 Å². The molecule has 0 spiro atoms. The second kappa shape index (κ2) is 5.55. The van der Waals surface area contributed by atoms with Crippen LogP contribution in [0, 0.1) is 0 Å². The Balaban J connectivity index is 2.51. The number of aryl methyl sites for hydroxylation is 1. The highest BCUT2D eigenvalue weighted by molar-refractivity contribution is 7.92. The van der Waals surface area contributed by atoms with Crippen molar-refractivity contribution in [2.24, 2.45) is 7.05 Å². The van der Waals surface area contributed by atoms with Crippen molar-refractivity contribution in [1.29, 1.82) is 0 Å². The maximum absolute atomic E-state index is 12.3. The molecular weight excluding hydrogens is 341 g/mol. The fourth-order valence-corrected chi connectivity index (χ4v) is 3.36. The first-order valence-electron chi connectivity index (χ1n) is 5.45. The van der Waals surface area contributed by atoms with Gasteiger partial charge in [-0.1, -0.05) is 23.2 Å². The van der Waals surface area contributed by atoms with Gasteiger partial charge in [-0.25, -0.2) is 13.2 Å². The average molecular weight is 350 g/mol. The highest BCUT2D eigenvalue weighted by atomic mass is 35.5. The molecule has 2 rings (SSSR count). The summed E-state index contributed by atoms with van der Waals surface area (Å²) >= 11 is 11.6. The van der Waals surface area contributed by atoms with E-state index in [9.17, 15) is 13.2 Å². The van der Waals surface area contributed by atoms with E-state index in [1.807, 2.05) is 0 Å². The topological polar surface area (TPSA) is 101 Å².